The van der Waals surface area contributed by atoms with Crippen LogP contribution in [0.1, 0.15) is 44.6 Å². The molecule has 140 valence electrons. The summed E-state index contributed by atoms with van der Waals surface area (Å²) in [6.07, 6.45) is 0.952. The zero-order valence-electron chi connectivity index (χ0n) is 15.6. The maximum Gasteiger partial charge on any atom is 0.335 e. The number of aromatic carboxylic acids is 1. The van der Waals surface area contributed by atoms with E-state index in [9.17, 15) is 9.90 Å². The van der Waals surface area contributed by atoms with E-state index >= 15 is 0 Å². The van der Waals surface area contributed by atoms with E-state index in [4.69, 9.17) is 4.74 Å². The Morgan fingerprint density at radius 1 is 1.00 bits per heavy atom. The third kappa shape index (κ3) is 2.48. The van der Waals surface area contributed by atoms with E-state index in [0.717, 1.165) is 29.0 Å². The van der Waals surface area contributed by atoms with Crippen LogP contribution < -0.4 is 10.1 Å². The maximum absolute atomic E-state index is 11.6. The van der Waals surface area contributed by atoms with Gasteiger partial charge < -0.3 is 15.2 Å². The van der Waals surface area contributed by atoms with Crippen molar-refractivity contribution in [2.75, 3.05) is 12.4 Å². The Bertz CT molecular complexity index is 1070. The van der Waals surface area contributed by atoms with E-state index in [2.05, 4.69) is 35.6 Å². The Morgan fingerprint density at radius 2 is 1.75 bits per heavy atom. The van der Waals surface area contributed by atoms with Gasteiger partial charge in [-0.2, -0.15) is 0 Å². The van der Waals surface area contributed by atoms with Crippen LogP contribution in [0.5, 0.6) is 5.75 Å². The molecule has 1 aliphatic heterocycles. The lowest BCUT2D eigenvalue weighted by atomic mass is 9.75. The van der Waals surface area contributed by atoms with Crippen LogP contribution in [-0.4, -0.2) is 18.2 Å². The fourth-order valence-corrected chi connectivity index (χ4v) is 4.93. The predicted octanol–water partition coefficient (Wildman–Crippen LogP) is 4.86. The topological polar surface area (TPSA) is 58.6 Å². The summed E-state index contributed by atoms with van der Waals surface area (Å²) in [6.45, 7) is 0. The summed E-state index contributed by atoms with van der Waals surface area (Å²) in [5.41, 5.74) is 6.19. The van der Waals surface area contributed by atoms with Crippen molar-refractivity contribution < 1.29 is 14.6 Å². The van der Waals surface area contributed by atoms with Gasteiger partial charge in [-0.1, -0.05) is 42.5 Å². The number of carboxylic acid groups (broad SMARTS) is 1. The first-order valence-electron chi connectivity index (χ1n) is 9.52. The number of ether oxygens (including phenoxy) is 1. The van der Waals surface area contributed by atoms with Gasteiger partial charge in [0.15, 0.2) is 0 Å². The molecular formula is C24H21NO3. The maximum atomic E-state index is 11.6. The van der Waals surface area contributed by atoms with Gasteiger partial charge in [0.25, 0.3) is 0 Å². The molecule has 4 heteroatoms. The third-order valence-electron chi connectivity index (χ3n) is 6.12. The van der Waals surface area contributed by atoms with Gasteiger partial charge >= 0.3 is 5.97 Å². The molecule has 2 N–H and O–H groups in total. The largest absolute Gasteiger partial charge is 0.496 e. The zero-order chi connectivity index (χ0) is 19.3. The van der Waals surface area contributed by atoms with E-state index in [1.165, 1.54) is 11.1 Å². The number of hydrogen-bond acceptors (Lipinski definition) is 3. The summed E-state index contributed by atoms with van der Waals surface area (Å²) < 4.78 is 5.64. The van der Waals surface area contributed by atoms with Crippen molar-refractivity contribution in [3.63, 3.8) is 0 Å². The average Bonchev–Trinajstić information content (AvgIpc) is 3.12. The molecule has 0 saturated carbocycles. The SMILES string of the molecule is COc1ccccc1[C@@H]1Nc2ccc(C(=O)O)cc2[C@H]2c3ccccc3C[C@@H]21. The highest BCUT2D eigenvalue weighted by Gasteiger charge is 2.44. The van der Waals surface area contributed by atoms with Crippen LogP contribution in [0, 0.1) is 5.92 Å². The first-order chi connectivity index (χ1) is 13.7. The van der Waals surface area contributed by atoms with Gasteiger partial charge in [0, 0.05) is 17.2 Å². The standard InChI is InChI=1S/C24H21NO3/c1-28-21-9-5-4-8-17(21)23-19-12-14-6-2-3-7-16(14)22(19)18-13-15(24(26)27)10-11-20(18)25-23/h2-11,13,19,22-23,25H,12H2,1H3,(H,26,27)/t19-,22+,23-/m0/s1. The molecule has 0 radical (unpaired) electrons. The van der Waals surface area contributed by atoms with Crippen molar-refractivity contribution in [2.24, 2.45) is 5.92 Å². The van der Waals surface area contributed by atoms with Crippen molar-refractivity contribution >= 4 is 11.7 Å². The predicted molar refractivity (Wildman–Crippen MR) is 108 cm³/mol. The van der Waals surface area contributed by atoms with Crippen molar-refractivity contribution in [3.8, 4) is 5.75 Å². The highest BCUT2D eigenvalue weighted by molar-refractivity contribution is 5.89. The molecule has 3 aromatic carbocycles. The van der Waals surface area contributed by atoms with E-state index in [1.54, 1.807) is 13.2 Å². The molecule has 0 aromatic heterocycles. The van der Waals surface area contributed by atoms with Crippen LogP contribution in [0.25, 0.3) is 0 Å². The van der Waals surface area contributed by atoms with E-state index in [1.807, 2.05) is 30.3 Å². The van der Waals surface area contributed by atoms with Crippen molar-refractivity contribution in [1.82, 2.24) is 0 Å². The van der Waals surface area contributed by atoms with Gasteiger partial charge in [-0.3, -0.25) is 0 Å². The highest BCUT2D eigenvalue weighted by atomic mass is 16.5. The summed E-state index contributed by atoms with van der Waals surface area (Å²) in [6, 6.07) is 22.2. The third-order valence-corrected chi connectivity index (χ3v) is 6.12. The molecule has 4 nitrogen and oxygen atoms in total. The molecule has 0 unspecified atom stereocenters. The molecule has 1 heterocycles. The Balaban J connectivity index is 1.70. The van der Waals surface area contributed by atoms with Crippen molar-refractivity contribution in [2.45, 2.75) is 18.4 Å². The van der Waals surface area contributed by atoms with Gasteiger partial charge in [0.1, 0.15) is 5.75 Å². The molecule has 5 rings (SSSR count). The molecule has 1 aliphatic carbocycles. The molecule has 0 spiro atoms. The number of anilines is 1. The number of carbonyl (C=O) groups is 1. The molecule has 0 bridgehead atoms. The smallest absolute Gasteiger partial charge is 0.335 e. The minimum atomic E-state index is -0.891. The van der Waals surface area contributed by atoms with Gasteiger partial charge in [0.2, 0.25) is 0 Å². The summed E-state index contributed by atoms with van der Waals surface area (Å²) in [5, 5.41) is 13.2. The number of nitrogens with one attached hydrogen (secondary N) is 1. The Labute approximate surface area is 163 Å². The van der Waals surface area contributed by atoms with Gasteiger partial charge in [-0.25, -0.2) is 4.79 Å². The minimum absolute atomic E-state index is 0.0942. The lowest BCUT2D eigenvalue weighted by molar-refractivity contribution is 0.0696. The first kappa shape index (κ1) is 16.9. The second kappa shape index (κ2) is 6.41. The molecule has 0 fully saturated rings. The second-order valence-corrected chi connectivity index (χ2v) is 7.52. The van der Waals surface area contributed by atoms with E-state index in [-0.39, 0.29) is 12.0 Å². The summed E-state index contributed by atoms with van der Waals surface area (Å²) in [5.74, 6) is 0.449. The van der Waals surface area contributed by atoms with Crippen LogP contribution in [0.4, 0.5) is 5.69 Å². The van der Waals surface area contributed by atoms with Gasteiger partial charge in [-0.15, -0.1) is 0 Å². The van der Waals surface area contributed by atoms with Crippen LogP contribution in [0.15, 0.2) is 66.7 Å². The molecule has 0 amide bonds. The number of benzene rings is 3. The number of methoxy groups -OCH3 is 1. The highest BCUT2D eigenvalue weighted by Crippen LogP contribution is 2.54. The lowest BCUT2D eigenvalue weighted by Crippen LogP contribution is -2.30. The molecule has 3 atom stereocenters. The van der Waals surface area contributed by atoms with Crippen LogP contribution in [0.3, 0.4) is 0 Å². The number of carboxylic acids is 1. The molecule has 28 heavy (non-hydrogen) atoms. The normalized spacial score (nSPS) is 21.8. The number of fused-ring (bicyclic) bond motifs is 5. The van der Waals surface area contributed by atoms with Crippen molar-refractivity contribution in [1.29, 1.82) is 0 Å². The first-order valence-corrected chi connectivity index (χ1v) is 9.52. The fraction of sp³-hybridized carbons (Fsp3) is 0.208. The summed E-state index contributed by atoms with van der Waals surface area (Å²) in [7, 11) is 1.70. The number of hydrogen-bond donors (Lipinski definition) is 2. The Hall–Kier alpha value is -3.27. The lowest BCUT2D eigenvalue weighted by Gasteiger charge is -2.38. The number of para-hydroxylation sites is 1. The Morgan fingerprint density at radius 3 is 2.54 bits per heavy atom. The van der Waals surface area contributed by atoms with Gasteiger partial charge in [-0.05, 0) is 53.3 Å². The number of rotatable bonds is 3. The van der Waals surface area contributed by atoms with E-state index < -0.39 is 5.97 Å². The van der Waals surface area contributed by atoms with Crippen LogP contribution >= 0.6 is 0 Å². The molecular weight excluding hydrogens is 350 g/mol. The van der Waals surface area contributed by atoms with Crippen molar-refractivity contribution in [3.05, 3.63) is 94.5 Å². The molecule has 0 saturated heterocycles. The monoisotopic (exact) mass is 371 g/mol. The van der Waals surface area contributed by atoms with Gasteiger partial charge in [0.05, 0.1) is 18.7 Å². The Kier molecular flexibility index (Phi) is 3.86. The second-order valence-electron chi connectivity index (χ2n) is 7.52. The van der Waals surface area contributed by atoms with Crippen LogP contribution in [0.2, 0.25) is 0 Å². The van der Waals surface area contributed by atoms with Crippen LogP contribution in [-0.2, 0) is 6.42 Å². The summed E-state index contributed by atoms with van der Waals surface area (Å²) in [4.78, 5) is 11.6. The quantitative estimate of drug-likeness (QED) is 0.690. The molecule has 3 aromatic rings. The zero-order valence-corrected chi connectivity index (χ0v) is 15.6. The average molecular weight is 371 g/mol. The molecule has 2 aliphatic rings. The van der Waals surface area contributed by atoms with E-state index in [0.29, 0.717) is 11.5 Å². The summed E-state index contributed by atoms with van der Waals surface area (Å²) >= 11 is 0. The fourth-order valence-electron chi connectivity index (χ4n) is 4.93. The minimum Gasteiger partial charge on any atom is -0.496 e.